The number of thioether (sulfide) groups is 1. The van der Waals surface area contributed by atoms with Gasteiger partial charge in [-0.05, 0) is 19.4 Å². The van der Waals surface area contributed by atoms with Crippen LogP contribution in [0.25, 0.3) is 10.2 Å². The molecule has 2 aromatic heterocycles. The lowest BCUT2D eigenvalue weighted by atomic mass is 10.2. The Bertz CT molecular complexity index is 589. The molecule has 2 N–H and O–H groups in total. The first-order valence-corrected chi connectivity index (χ1v) is 8.16. The zero-order valence-electron chi connectivity index (χ0n) is 10.7. The summed E-state index contributed by atoms with van der Waals surface area (Å²) >= 11 is 9.30. The molecule has 7 heteroatoms. The van der Waals surface area contributed by atoms with Crippen LogP contribution in [-0.4, -0.2) is 38.6 Å². The van der Waals surface area contributed by atoms with E-state index in [0.717, 1.165) is 15.8 Å². The van der Waals surface area contributed by atoms with E-state index in [1.54, 1.807) is 11.3 Å². The number of aryl methyl sites for hydroxylation is 2. The largest absolute Gasteiger partial charge is 0.394 e. The Morgan fingerprint density at radius 3 is 2.79 bits per heavy atom. The van der Waals surface area contributed by atoms with E-state index in [1.807, 2.05) is 13.8 Å². The van der Waals surface area contributed by atoms with Gasteiger partial charge in [-0.15, -0.1) is 11.3 Å². The second-order valence-corrected chi connectivity index (χ2v) is 6.84. The van der Waals surface area contributed by atoms with E-state index in [4.69, 9.17) is 16.7 Å². The minimum Gasteiger partial charge on any atom is -0.394 e. The van der Waals surface area contributed by atoms with Crippen molar-refractivity contribution in [1.29, 1.82) is 0 Å². The summed E-state index contributed by atoms with van der Waals surface area (Å²) in [6.45, 7) is 3.84. The molecule has 0 fully saturated rings. The number of hydrogen-bond donors (Lipinski definition) is 2. The molecule has 0 saturated heterocycles. The van der Waals surface area contributed by atoms with Gasteiger partial charge in [0.25, 0.3) is 0 Å². The maximum absolute atomic E-state index is 9.27. The van der Waals surface area contributed by atoms with Gasteiger partial charge in [0.05, 0.1) is 23.8 Å². The number of aromatic nitrogens is 2. The van der Waals surface area contributed by atoms with Gasteiger partial charge in [0, 0.05) is 10.6 Å². The highest BCUT2D eigenvalue weighted by atomic mass is 35.5. The van der Waals surface area contributed by atoms with Crippen LogP contribution in [-0.2, 0) is 5.75 Å². The third kappa shape index (κ3) is 3.38. The van der Waals surface area contributed by atoms with Crippen LogP contribution in [0.5, 0.6) is 0 Å². The van der Waals surface area contributed by atoms with Gasteiger partial charge in [-0.3, -0.25) is 0 Å². The third-order valence-corrected chi connectivity index (χ3v) is 5.24. The molecule has 0 aliphatic rings. The summed E-state index contributed by atoms with van der Waals surface area (Å²) in [7, 11) is 0. The van der Waals surface area contributed by atoms with E-state index in [9.17, 15) is 5.11 Å². The van der Waals surface area contributed by atoms with Crippen LogP contribution in [0.15, 0.2) is 0 Å². The molecule has 0 aliphatic heterocycles. The normalized spacial score (nSPS) is 13.1. The average molecular weight is 319 g/mol. The zero-order chi connectivity index (χ0) is 14.0. The summed E-state index contributed by atoms with van der Waals surface area (Å²) in [5.41, 5.74) is 1.14. The van der Waals surface area contributed by atoms with Crippen molar-refractivity contribution in [2.75, 3.05) is 12.4 Å². The minimum atomic E-state index is -0.699. The van der Waals surface area contributed by atoms with E-state index in [2.05, 4.69) is 9.97 Å². The summed E-state index contributed by atoms with van der Waals surface area (Å²) in [5, 5.41) is 19.4. The molecule has 0 bridgehead atoms. The van der Waals surface area contributed by atoms with Crippen LogP contribution in [0.4, 0.5) is 0 Å². The maximum Gasteiger partial charge on any atom is 0.141 e. The van der Waals surface area contributed by atoms with Crippen molar-refractivity contribution in [2.24, 2.45) is 0 Å². The molecule has 0 aromatic carbocycles. The van der Waals surface area contributed by atoms with Gasteiger partial charge in [0.15, 0.2) is 0 Å². The fourth-order valence-electron chi connectivity index (χ4n) is 1.65. The van der Waals surface area contributed by atoms with Crippen LogP contribution in [0.2, 0.25) is 5.15 Å². The van der Waals surface area contributed by atoms with Gasteiger partial charge in [-0.25, -0.2) is 9.97 Å². The fourth-order valence-corrected chi connectivity index (χ4v) is 3.89. The zero-order valence-corrected chi connectivity index (χ0v) is 13.1. The van der Waals surface area contributed by atoms with Crippen molar-refractivity contribution in [3.8, 4) is 0 Å². The number of thiophene rings is 1. The molecule has 0 spiro atoms. The quantitative estimate of drug-likeness (QED) is 0.829. The summed E-state index contributed by atoms with van der Waals surface area (Å²) in [4.78, 5) is 10.9. The average Bonchev–Trinajstić information content (AvgIpc) is 2.65. The first-order valence-electron chi connectivity index (χ1n) is 5.81. The monoisotopic (exact) mass is 318 g/mol. The first-order chi connectivity index (χ1) is 9.02. The minimum absolute atomic E-state index is 0.225. The predicted octanol–water partition coefficient (Wildman–Crippen LogP) is 2.55. The molecule has 2 heterocycles. The highest BCUT2D eigenvalue weighted by Gasteiger charge is 2.13. The molecule has 4 nitrogen and oxygen atoms in total. The molecule has 0 amide bonds. The van der Waals surface area contributed by atoms with Crippen LogP contribution in [0.3, 0.4) is 0 Å². The van der Waals surface area contributed by atoms with Crippen LogP contribution < -0.4 is 0 Å². The van der Waals surface area contributed by atoms with E-state index in [1.165, 1.54) is 16.6 Å². The lowest BCUT2D eigenvalue weighted by molar-refractivity contribution is 0.113. The molecular weight excluding hydrogens is 304 g/mol. The molecular formula is C12H15ClN2O2S2. The Morgan fingerprint density at radius 2 is 2.11 bits per heavy atom. The number of halogens is 1. The lowest BCUT2D eigenvalue weighted by Gasteiger charge is -2.06. The number of fused-ring (bicyclic) bond motifs is 1. The van der Waals surface area contributed by atoms with E-state index >= 15 is 0 Å². The second-order valence-electron chi connectivity index (χ2n) is 4.25. The van der Waals surface area contributed by atoms with Gasteiger partial charge >= 0.3 is 0 Å². The molecule has 0 aliphatic carbocycles. The summed E-state index contributed by atoms with van der Waals surface area (Å²) < 4.78 is 0. The van der Waals surface area contributed by atoms with Gasteiger partial charge in [-0.2, -0.15) is 11.8 Å². The number of aliphatic hydroxyl groups excluding tert-OH is 2. The van der Waals surface area contributed by atoms with Crippen molar-refractivity contribution >= 4 is 44.9 Å². The van der Waals surface area contributed by atoms with Crippen molar-refractivity contribution in [1.82, 2.24) is 9.97 Å². The molecule has 19 heavy (non-hydrogen) atoms. The number of aliphatic hydroxyl groups is 2. The molecule has 2 aromatic rings. The fraction of sp³-hybridized carbons (Fsp3) is 0.500. The summed E-state index contributed by atoms with van der Waals surface area (Å²) in [6, 6.07) is 0. The predicted molar refractivity (Wildman–Crippen MR) is 81.2 cm³/mol. The maximum atomic E-state index is 9.27. The van der Waals surface area contributed by atoms with Crippen molar-refractivity contribution in [3.63, 3.8) is 0 Å². The van der Waals surface area contributed by atoms with Crippen molar-refractivity contribution in [3.05, 3.63) is 21.4 Å². The Labute approximate surface area is 124 Å². The Morgan fingerprint density at radius 1 is 1.37 bits per heavy atom. The summed E-state index contributed by atoms with van der Waals surface area (Å²) in [6.07, 6.45) is -0.699. The number of hydrogen-bond acceptors (Lipinski definition) is 6. The van der Waals surface area contributed by atoms with Gasteiger partial charge in [0.1, 0.15) is 15.8 Å². The number of rotatable bonds is 5. The summed E-state index contributed by atoms with van der Waals surface area (Å²) in [5.74, 6) is 1.69. The highest BCUT2D eigenvalue weighted by Crippen LogP contribution is 2.33. The van der Waals surface area contributed by atoms with Crippen molar-refractivity contribution < 1.29 is 10.2 Å². The number of nitrogens with zero attached hydrogens (tertiary/aromatic N) is 2. The first kappa shape index (κ1) is 15.0. The molecule has 0 radical (unpaired) electrons. The molecule has 1 atom stereocenters. The second kappa shape index (κ2) is 6.37. The van der Waals surface area contributed by atoms with Crippen LogP contribution in [0.1, 0.15) is 16.3 Å². The SMILES string of the molecule is Cc1sc2nc(CSCC(O)CO)nc(Cl)c2c1C. The topological polar surface area (TPSA) is 66.2 Å². The lowest BCUT2D eigenvalue weighted by Crippen LogP contribution is -2.14. The van der Waals surface area contributed by atoms with E-state index < -0.39 is 6.10 Å². The molecule has 0 saturated carbocycles. The molecule has 104 valence electrons. The van der Waals surface area contributed by atoms with E-state index in [-0.39, 0.29) is 6.61 Å². The Hall–Kier alpha value is -0.400. The molecule has 2 rings (SSSR count). The van der Waals surface area contributed by atoms with Gasteiger partial charge in [-0.1, -0.05) is 11.6 Å². The highest BCUT2D eigenvalue weighted by molar-refractivity contribution is 7.98. The molecule has 1 unspecified atom stereocenters. The van der Waals surface area contributed by atoms with Crippen LogP contribution >= 0.6 is 34.7 Å². The van der Waals surface area contributed by atoms with Crippen molar-refractivity contribution in [2.45, 2.75) is 25.7 Å². The van der Waals surface area contributed by atoms with Crippen LogP contribution in [0, 0.1) is 13.8 Å². The Kier molecular flexibility index (Phi) is 5.03. The standard InChI is InChI=1S/C12H15ClN2O2S2/c1-6-7(2)19-12-10(6)11(13)14-9(15-12)5-18-4-8(17)3-16/h8,16-17H,3-5H2,1-2H3. The van der Waals surface area contributed by atoms with E-state index in [0.29, 0.717) is 22.5 Å². The van der Waals surface area contributed by atoms with Gasteiger partial charge < -0.3 is 10.2 Å². The van der Waals surface area contributed by atoms with Gasteiger partial charge in [0.2, 0.25) is 0 Å². The Balaban J connectivity index is 2.17. The third-order valence-electron chi connectivity index (χ3n) is 2.78. The smallest absolute Gasteiger partial charge is 0.141 e.